The first kappa shape index (κ1) is 12.5. The first-order chi connectivity index (χ1) is 14.4. The van der Waals surface area contributed by atoms with Crippen LogP contribution >= 0.6 is 0 Å². The van der Waals surface area contributed by atoms with E-state index in [-0.39, 0.29) is 0 Å². The van der Waals surface area contributed by atoms with Crippen molar-refractivity contribution in [2.45, 2.75) is 53.4 Å². The van der Waals surface area contributed by atoms with Crippen molar-refractivity contribution in [2.75, 3.05) is 0 Å². The quantitative estimate of drug-likeness (QED) is 0.555. The van der Waals surface area contributed by atoms with Crippen LogP contribution in [0, 0.1) is 124 Å². The molecule has 0 aromatic carbocycles. The lowest BCUT2D eigenvalue weighted by molar-refractivity contribution is -1.03. The SMILES string of the molecule is CC12C3CCC4C5C6CC7C8C9C%10CC%11C3C13C%11%10C91C89C67C56C4(C)C4(C)C2(C)C31C469. The van der Waals surface area contributed by atoms with Crippen LogP contribution in [0.25, 0.3) is 0 Å². The van der Waals surface area contributed by atoms with E-state index >= 15 is 0 Å². The zero-order chi connectivity index (χ0) is 18.6. The van der Waals surface area contributed by atoms with E-state index in [4.69, 9.17) is 0 Å². The van der Waals surface area contributed by atoms with E-state index in [1.165, 1.54) is 59.2 Å². The fraction of sp³-hybridized carbons (Fsp3) is 1.00. The largest absolute Gasteiger partial charge is 0.0582 e. The summed E-state index contributed by atoms with van der Waals surface area (Å²) >= 11 is 0. The van der Waals surface area contributed by atoms with E-state index < -0.39 is 0 Å². The molecule has 22 unspecified atom stereocenters. The van der Waals surface area contributed by atoms with Crippen LogP contribution in [0.3, 0.4) is 0 Å². The van der Waals surface area contributed by atoms with Gasteiger partial charge in [-0.05, 0) is 150 Å². The molecule has 16 aliphatic rings. The average Bonchev–Trinajstić information content (AvgIpc) is 2.66. The Balaban J connectivity index is 1.21. The average molecular weight is 391 g/mol. The van der Waals surface area contributed by atoms with Crippen molar-refractivity contribution >= 4 is 0 Å². The van der Waals surface area contributed by atoms with Gasteiger partial charge in [0.2, 0.25) is 0 Å². The van der Waals surface area contributed by atoms with E-state index in [1.54, 1.807) is 25.7 Å². The maximum atomic E-state index is 3.01. The van der Waals surface area contributed by atoms with Gasteiger partial charge >= 0.3 is 0 Å². The predicted molar refractivity (Wildman–Crippen MR) is 105 cm³/mol. The molecule has 16 saturated carbocycles. The molecule has 0 amide bonds. The second-order valence-corrected chi connectivity index (χ2v) is 17.9. The normalized spacial score (nSPS) is 116. The topological polar surface area (TPSA) is 0 Å². The molecule has 0 radical (unpaired) electrons. The summed E-state index contributed by atoms with van der Waals surface area (Å²) in [6, 6.07) is 0. The van der Waals surface area contributed by atoms with Crippen LogP contribution in [0.15, 0.2) is 0 Å². The lowest BCUT2D eigenvalue weighted by Crippen LogP contribution is -3.46. The summed E-state index contributed by atoms with van der Waals surface area (Å²) < 4.78 is 0. The molecule has 22 atom stereocenters. The third kappa shape index (κ3) is 0.316. The minimum absolute atomic E-state index is 0.768. The Labute approximate surface area is 177 Å². The molecule has 16 aliphatic carbocycles. The number of rotatable bonds is 0. The number of fused-ring (bicyclic) bond motifs is 7. The second kappa shape index (κ2) is 2.02. The van der Waals surface area contributed by atoms with Gasteiger partial charge in [0, 0.05) is 0 Å². The zero-order valence-corrected chi connectivity index (χ0v) is 18.6. The Morgan fingerprint density at radius 2 is 0.867 bits per heavy atom. The smallest absolute Gasteiger partial charge is 0.00172 e. The highest BCUT2D eigenvalue weighted by Gasteiger charge is 3.48. The third-order valence-corrected chi connectivity index (χ3v) is 23.0. The van der Waals surface area contributed by atoms with Crippen molar-refractivity contribution in [3.63, 3.8) is 0 Å². The summed E-state index contributed by atoms with van der Waals surface area (Å²) in [5.41, 5.74) is 11.0. The molecule has 0 aromatic rings. The van der Waals surface area contributed by atoms with E-state index in [1.807, 2.05) is 0 Å². The van der Waals surface area contributed by atoms with Crippen molar-refractivity contribution in [3.05, 3.63) is 0 Å². The third-order valence-electron chi connectivity index (χ3n) is 23.0. The van der Waals surface area contributed by atoms with Gasteiger partial charge in [0.25, 0.3) is 0 Å². The lowest BCUT2D eigenvalue weighted by Gasteiger charge is -3.48. The zero-order valence-electron chi connectivity index (χ0n) is 18.6. The first-order valence-corrected chi connectivity index (χ1v) is 14.4. The number of hydrogen-bond acceptors (Lipinski definition) is 0. The summed E-state index contributed by atoms with van der Waals surface area (Å²) in [7, 11) is 0. The van der Waals surface area contributed by atoms with Gasteiger partial charge in [0.1, 0.15) is 0 Å². The Hall–Kier alpha value is 0. The summed E-state index contributed by atoms with van der Waals surface area (Å²) in [6.45, 7) is 12.0. The van der Waals surface area contributed by atoms with E-state index in [2.05, 4.69) is 27.7 Å². The molecule has 0 aliphatic heterocycles. The Bertz CT molecular complexity index is 1310. The van der Waals surface area contributed by atoms with Gasteiger partial charge in [0.15, 0.2) is 0 Å². The Morgan fingerprint density at radius 1 is 0.467 bits per heavy atom. The molecule has 0 nitrogen and oxygen atoms in total. The van der Waals surface area contributed by atoms with E-state index in [0.29, 0.717) is 0 Å². The molecule has 150 valence electrons. The Morgan fingerprint density at radius 3 is 1.30 bits per heavy atom. The molecule has 0 bridgehead atoms. The van der Waals surface area contributed by atoms with Gasteiger partial charge in [-0.15, -0.1) is 0 Å². The van der Waals surface area contributed by atoms with Gasteiger partial charge in [-0.25, -0.2) is 0 Å². The molecule has 0 saturated heterocycles. The monoisotopic (exact) mass is 390 g/mol. The van der Waals surface area contributed by atoms with Crippen LogP contribution in [0.4, 0.5) is 0 Å². The van der Waals surface area contributed by atoms with Crippen molar-refractivity contribution in [1.29, 1.82) is 0 Å². The summed E-state index contributed by atoms with van der Waals surface area (Å²) in [6.07, 6.45) is 6.84. The van der Waals surface area contributed by atoms with Gasteiger partial charge in [-0.2, -0.15) is 0 Å². The Kier molecular flexibility index (Phi) is 0.840. The second-order valence-electron chi connectivity index (χ2n) is 17.9. The van der Waals surface area contributed by atoms with Crippen LogP contribution < -0.4 is 0 Å². The fourth-order valence-corrected chi connectivity index (χ4v) is 26.8. The molecule has 0 heteroatoms. The molecule has 0 heterocycles. The van der Waals surface area contributed by atoms with Crippen molar-refractivity contribution < 1.29 is 0 Å². The summed E-state index contributed by atoms with van der Waals surface area (Å²) in [5.74, 6) is 12.6. The highest BCUT2D eigenvalue weighted by atomic mass is 15.5. The molecule has 0 aromatic heterocycles. The fourth-order valence-electron chi connectivity index (χ4n) is 26.8. The minimum Gasteiger partial charge on any atom is -0.0582 e. The minimum atomic E-state index is 0.768. The van der Waals surface area contributed by atoms with E-state index in [9.17, 15) is 0 Å². The van der Waals surface area contributed by atoms with Crippen LogP contribution in [0.1, 0.15) is 53.4 Å². The van der Waals surface area contributed by atoms with Crippen LogP contribution in [-0.4, -0.2) is 0 Å². The predicted octanol–water partition coefficient (Wildman–Crippen LogP) is 4.84. The molecule has 16 rings (SSSR count). The molecule has 16 fully saturated rings. The van der Waals surface area contributed by atoms with Crippen LogP contribution in [0.2, 0.25) is 0 Å². The highest BCUT2D eigenvalue weighted by Crippen LogP contribution is 3.49. The molecule has 0 N–H and O–H groups in total. The summed E-state index contributed by atoms with van der Waals surface area (Å²) in [4.78, 5) is 0. The summed E-state index contributed by atoms with van der Waals surface area (Å²) in [5, 5.41) is 0. The van der Waals surface area contributed by atoms with Crippen LogP contribution in [0.5, 0.6) is 0 Å². The molecular formula is C30H30. The van der Waals surface area contributed by atoms with Crippen LogP contribution in [-0.2, 0) is 0 Å². The first-order valence-electron chi connectivity index (χ1n) is 14.4. The molecule has 30 heavy (non-hydrogen) atoms. The van der Waals surface area contributed by atoms with Gasteiger partial charge < -0.3 is 0 Å². The molecular weight excluding hydrogens is 360 g/mol. The lowest BCUT2D eigenvalue weighted by atomic mass is 8.54. The van der Waals surface area contributed by atoms with Crippen molar-refractivity contribution in [2.24, 2.45) is 124 Å². The standard InChI is InChI=1S/C30H30/c1-19-9-5-6-10-16-12-8-14-18-17-13-7-11-15(9)25(19)23(11,13)27(17)28(18)24(12,14)26(16)20(10,2)22(4)21(19,3)29(25,27)30(22,26)28/h9-18H,5-8H2,1-4H3. The van der Waals surface area contributed by atoms with Crippen molar-refractivity contribution in [3.8, 4) is 0 Å². The number of hydrogen-bond donors (Lipinski definition) is 0. The van der Waals surface area contributed by atoms with E-state index in [0.717, 1.165) is 65.0 Å². The van der Waals surface area contributed by atoms with Gasteiger partial charge in [-0.3, -0.25) is 0 Å². The van der Waals surface area contributed by atoms with Gasteiger partial charge in [0.05, 0.1) is 0 Å². The maximum absolute atomic E-state index is 3.01. The van der Waals surface area contributed by atoms with Crippen molar-refractivity contribution in [1.82, 2.24) is 0 Å². The molecule has 8 spiro atoms. The van der Waals surface area contributed by atoms with Gasteiger partial charge in [-0.1, -0.05) is 27.7 Å². The maximum Gasteiger partial charge on any atom is -0.00172 e. The highest BCUT2D eigenvalue weighted by molar-refractivity contribution is 5.92.